The Bertz CT molecular complexity index is 1160. The van der Waals surface area contributed by atoms with Gasteiger partial charge < -0.3 is 15.7 Å². The van der Waals surface area contributed by atoms with E-state index in [1.807, 2.05) is 56.3 Å². The molecule has 0 spiro atoms. The summed E-state index contributed by atoms with van der Waals surface area (Å²) in [6, 6.07) is 21.7. The molecule has 0 heterocycles. The third kappa shape index (κ3) is 7.78. The molecule has 3 aromatic carbocycles. The minimum atomic E-state index is -1.06. The van der Waals surface area contributed by atoms with Crippen LogP contribution in [0.25, 0.3) is 11.1 Å². The Kier molecular flexibility index (Phi) is 8.36. The van der Waals surface area contributed by atoms with Crippen molar-refractivity contribution in [2.24, 2.45) is 0 Å². The summed E-state index contributed by atoms with van der Waals surface area (Å²) in [4.78, 5) is 37.0. The van der Waals surface area contributed by atoms with Crippen LogP contribution in [0.3, 0.4) is 0 Å². The van der Waals surface area contributed by atoms with Crippen molar-refractivity contribution in [1.29, 1.82) is 0 Å². The maximum Gasteiger partial charge on any atom is 0.303 e. The van der Waals surface area contributed by atoms with Crippen LogP contribution >= 0.6 is 0 Å². The first-order valence-electron chi connectivity index (χ1n) is 11.4. The van der Waals surface area contributed by atoms with Crippen LogP contribution in [0.5, 0.6) is 0 Å². The van der Waals surface area contributed by atoms with Gasteiger partial charge in [0.1, 0.15) is 11.9 Å². The average Bonchev–Trinajstić information content (AvgIpc) is 2.83. The number of carbonyl (C=O) groups is 3. The highest BCUT2D eigenvalue weighted by molar-refractivity contribution is 5.98. The van der Waals surface area contributed by atoms with Gasteiger partial charge in [-0.05, 0) is 67.6 Å². The SMILES string of the molecule is CC(C)(Cc1ccc(F)cc1)NC(=O)[C@@H](CCC(=O)O)NC(=O)c1ccc(-c2ccccc2)cc1. The summed E-state index contributed by atoms with van der Waals surface area (Å²) < 4.78 is 13.2. The number of carboxylic acids is 1. The highest BCUT2D eigenvalue weighted by Gasteiger charge is 2.28. The van der Waals surface area contributed by atoms with Gasteiger partial charge >= 0.3 is 5.97 Å². The van der Waals surface area contributed by atoms with Crippen molar-refractivity contribution in [2.45, 2.75) is 44.7 Å². The first kappa shape index (κ1) is 25.6. The number of nitrogens with one attached hydrogen (secondary N) is 2. The van der Waals surface area contributed by atoms with Crippen molar-refractivity contribution in [1.82, 2.24) is 10.6 Å². The molecule has 0 bridgehead atoms. The number of halogens is 1. The van der Waals surface area contributed by atoms with Crippen LogP contribution in [0.1, 0.15) is 42.6 Å². The Morgan fingerprint density at radius 1 is 0.886 bits per heavy atom. The maximum absolute atomic E-state index is 13.2. The molecule has 0 saturated carbocycles. The Hall–Kier alpha value is -4.00. The summed E-state index contributed by atoms with van der Waals surface area (Å²) in [6.07, 6.45) is 0.102. The van der Waals surface area contributed by atoms with E-state index < -0.39 is 29.4 Å². The van der Waals surface area contributed by atoms with E-state index in [0.29, 0.717) is 12.0 Å². The van der Waals surface area contributed by atoms with E-state index in [9.17, 15) is 18.8 Å². The number of carbonyl (C=O) groups excluding carboxylic acids is 2. The predicted octanol–water partition coefficient (Wildman–Crippen LogP) is 4.59. The number of hydrogen-bond donors (Lipinski definition) is 3. The second kappa shape index (κ2) is 11.4. The van der Waals surface area contributed by atoms with Gasteiger partial charge in [0.15, 0.2) is 0 Å². The Labute approximate surface area is 204 Å². The van der Waals surface area contributed by atoms with Gasteiger partial charge in [0.25, 0.3) is 5.91 Å². The quantitative estimate of drug-likeness (QED) is 0.399. The molecule has 2 amide bonds. The summed E-state index contributed by atoms with van der Waals surface area (Å²) >= 11 is 0. The zero-order chi connectivity index (χ0) is 25.4. The second-order valence-corrected chi connectivity index (χ2v) is 9.08. The fourth-order valence-electron chi connectivity index (χ4n) is 3.80. The van der Waals surface area contributed by atoms with E-state index in [1.165, 1.54) is 12.1 Å². The van der Waals surface area contributed by atoms with Gasteiger partial charge in [0, 0.05) is 17.5 Å². The van der Waals surface area contributed by atoms with Crippen molar-refractivity contribution in [3.63, 3.8) is 0 Å². The monoisotopic (exact) mass is 476 g/mol. The zero-order valence-corrected chi connectivity index (χ0v) is 19.8. The highest BCUT2D eigenvalue weighted by atomic mass is 19.1. The van der Waals surface area contributed by atoms with Crippen LogP contribution in [0.2, 0.25) is 0 Å². The molecule has 3 N–H and O–H groups in total. The summed E-state index contributed by atoms with van der Waals surface area (Å²) in [5.41, 5.74) is 2.45. The lowest BCUT2D eigenvalue weighted by molar-refractivity contribution is -0.137. The number of aliphatic carboxylic acids is 1. The Morgan fingerprint density at radius 2 is 1.49 bits per heavy atom. The lowest BCUT2D eigenvalue weighted by atomic mass is 9.94. The van der Waals surface area contributed by atoms with E-state index in [0.717, 1.165) is 16.7 Å². The fourth-order valence-corrected chi connectivity index (χ4v) is 3.80. The molecule has 1 atom stereocenters. The molecule has 0 fully saturated rings. The van der Waals surface area contributed by atoms with Crippen LogP contribution in [0.4, 0.5) is 4.39 Å². The third-order valence-corrected chi connectivity index (χ3v) is 5.54. The van der Waals surface area contributed by atoms with Gasteiger partial charge in [-0.3, -0.25) is 14.4 Å². The molecule has 0 aromatic heterocycles. The summed E-state index contributed by atoms with van der Waals surface area (Å²) in [6.45, 7) is 3.62. The van der Waals surface area contributed by atoms with Crippen molar-refractivity contribution in [3.8, 4) is 11.1 Å². The lowest BCUT2D eigenvalue weighted by Crippen LogP contribution is -2.54. The number of hydrogen-bond acceptors (Lipinski definition) is 3. The maximum atomic E-state index is 13.2. The molecule has 3 aromatic rings. The van der Waals surface area contributed by atoms with Crippen molar-refractivity contribution < 1.29 is 23.9 Å². The fraction of sp³-hybridized carbons (Fsp3) is 0.250. The second-order valence-electron chi connectivity index (χ2n) is 9.08. The molecule has 0 aliphatic carbocycles. The van der Waals surface area contributed by atoms with E-state index in [4.69, 9.17) is 5.11 Å². The normalized spacial score (nSPS) is 12.0. The van der Waals surface area contributed by atoms with Crippen molar-refractivity contribution in [2.75, 3.05) is 0 Å². The van der Waals surface area contributed by atoms with Gasteiger partial charge in [-0.15, -0.1) is 0 Å². The molecule has 0 aliphatic heterocycles. The van der Waals surface area contributed by atoms with Gasteiger partial charge in [0.05, 0.1) is 0 Å². The van der Waals surface area contributed by atoms with Gasteiger partial charge in [-0.25, -0.2) is 4.39 Å². The number of rotatable bonds is 10. The summed E-state index contributed by atoms with van der Waals surface area (Å²) in [7, 11) is 0. The van der Waals surface area contributed by atoms with Gasteiger partial charge in [-0.2, -0.15) is 0 Å². The van der Waals surface area contributed by atoms with Crippen LogP contribution in [0, 0.1) is 5.82 Å². The zero-order valence-electron chi connectivity index (χ0n) is 19.8. The molecule has 0 aliphatic rings. The van der Waals surface area contributed by atoms with Gasteiger partial charge in [0.2, 0.25) is 5.91 Å². The molecular weight excluding hydrogens is 447 g/mol. The molecule has 0 radical (unpaired) electrons. The first-order valence-corrected chi connectivity index (χ1v) is 11.4. The molecule has 6 nitrogen and oxygen atoms in total. The highest BCUT2D eigenvalue weighted by Crippen LogP contribution is 2.19. The number of amides is 2. The number of carboxylic acid groups (broad SMARTS) is 1. The Morgan fingerprint density at radius 3 is 2.09 bits per heavy atom. The average molecular weight is 477 g/mol. The molecule has 182 valence electrons. The van der Waals surface area contributed by atoms with E-state index in [1.54, 1.807) is 24.3 Å². The van der Waals surface area contributed by atoms with Crippen LogP contribution in [0.15, 0.2) is 78.9 Å². The smallest absolute Gasteiger partial charge is 0.303 e. The summed E-state index contributed by atoms with van der Waals surface area (Å²) in [5, 5.41) is 14.7. The van der Waals surface area contributed by atoms with Crippen molar-refractivity contribution in [3.05, 3.63) is 95.8 Å². The van der Waals surface area contributed by atoms with Crippen LogP contribution < -0.4 is 10.6 Å². The molecule has 0 saturated heterocycles. The van der Waals surface area contributed by atoms with Crippen molar-refractivity contribution >= 4 is 17.8 Å². The molecule has 0 unspecified atom stereocenters. The molecule has 3 rings (SSSR count). The van der Waals surface area contributed by atoms with E-state index >= 15 is 0 Å². The van der Waals surface area contributed by atoms with E-state index in [-0.39, 0.29) is 18.7 Å². The third-order valence-electron chi connectivity index (χ3n) is 5.54. The van der Waals surface area contributed by atoms with Crippen LogP contribution in [-0.4, -0.2) is 34.5 Å². The van der Waals surface area contributed by atoms with Gasteiger partial charge in [-0.1, -0.05) is 54.6 Å². The molecule has 35 heavy (non-hydrogen) atoms. The number of benzene rings is 3. The first-order chi connectivity index (χ1) is 16.6. The predicted molar refractivity (Wildman–Crippen MR) is 132 cm³/mol. The minimum Gasteiger partial charge on any atom is -0.481 e. The standard InChI is InChI=1S/C28H29FN2O4/c1-28(2,18-19-8-14-23(29)15-9-19)31-27(35)24(16-17-25(32)33)30-26(34)22-12-10-21(11-13-22)20-6-4-3-5-7-20/h3-15,24H,16-18H2,1-2H3,(H,30,34)(H,31,35)(H,32,33)/t24-/m1/s1. The molecular formula is C28H29FN2O4. The Balaban J connectivity index is 1.69. The summed E-state index contributed by atoms with van der Waals surface area (Å²) in [5.74, 6) is -2.35. The van der Waals surface area contributed by atoms with Crippen LogP contribution in [-0.2, 0) is 16.0 Å². The lowest BCUT2D eigenvalue weighted by Gasteiger charge is -2.29. The topological polar surface area (TPSA) is 95.5 Å². The molecule has 7 heteroatoms. The largest absolute Gasteiger partial charge is 0.481 e. The van der Waals surface area contributed by atoms with E-state index in [2.05, 4.69) is 10.6 Å². The minimum absolute atomic E-state index is 0.0539.